The summed E-state index contributed by atoms with van der Waals surface area (Å²) >= 11 is 0. The van der Waals surface area contributed by atoms with Crippen LogP contribution in [0.15, 0.2) is 54.3 Å². The van der Waals surface area contributed by atoms with Gasteiger partial charge in [0.25, 0.3) is 0 Å². The van der Waals surface area contributed by atoms with E-state index < -0.39 is 5.97 Å². The van der Waals surface area contributed by atoms with Crippen molar-refractivity contribution in [3.8, 4) is 5.75 Å². The Kier molecular flexibility index (Phi) is 5.80. The summed E-state index contributed by atoms with van der Waals surface area (Å²) in [6, 6.07) is 15.5. The second kappa shape index (κ2) is 8.03. The Morgan fingerprint density at radius 3 is 2.52 bits per heavy atom. The fraction of sp³-hybridized carbons (Fsp3) is 0.211. The normalized spacial score (nSPS) is 11.1. The van der Waals surface area contributed by atoms with E-state index in [9.17, 15) is 4.79 Å². The number of aryl methyl sites for hydroxylation is 1. The maximum Gasteiger partial charge on any atom is 0.371 e. The van der Waals surface area contributed by atoms with Crippen molar-refractivity contribution < 1.29 is 19.4 Å². The molecule has 0 spiro atoms. The van der Waals surface area contributed by atoms with Crippen LogP contribution in [0.2, 0.25) is 0 Å². The Labute approximate surface area is 136 Å². The van der Waals surface area contributed by atoms with Gasteiger partial charge in [-0.3, -0.25) is 0 Å². The summed E-state index contributed by atoms with van der Waals surface area (Å²) in [6.07, 6.45) is 1.51. The fourth-order valence-corrected chi connectivity index (χ4v) is 2.13. The Balaban J connectivity index is 2.11. The highest BCUT2D eigenvalue weighted by Gasteiger charge is 2.09. The Morgan fingerprint density at radius 1 is 1.17 bits per heavy atom. The number of carboxylic acid groups (broad SMARTS) is 1. The molecule has 0 heterocycles. The summed E-state index contributed by atoms with van der Waals surface area (Å²) in [4.78, 5) is 11.1. The van der Waals surface area contributed by atoms with Crippen LogP contribution >= 0.6 is 0 Å². The van der Waals surface area contributed by atoms with Crippen LogP contribution in [0.1, 0.15) is 23.6 Å². The first-order chi connectivity index (χ1) is 11.1. The topological polar surface area (TPSA) is 55.8 Å². The molecule has 0 aliphatic carbocycles. The van der Waals surface area contributed by atoms with Gasteiger partial charge in [0, 0.05) is 0 Å². The number of aliphatic carboxylic acids is 1. The van der Waals surface area contributed by atoms with Crippen LogP contribution in [0.5, 0.6) is 5.75 Å². The number of hydrogen-bond acceptors (Lipinski definition) is 3. The molecule has 0 fully saturated rings. The summed E-state index contributed by atoms with van der Waals surface area (Å²) < 4.78 is 10.9. The number of rotatable bonds is 7. The average Bonchev–Trinajstić information content (AvgIpc) is 2.54. The zero-order chi connectivity index (χ0) is 16.7. The van der Waals surface area contributed by atoms with Crippen molar-refractivity contribution in [3.05, 3.63) is 71.0 Å². The Hall–Kier alpha value is -2.75. The molecule has 0 amide bonds. The first-order valence-electron chi connectivity index (χ1n) is 7.45. The van der Waals surface area contributed by atoms with Gasteiger partial charge in [-0.2, -0.15) is 0 Å². The lowest BCUT2D eigenvalue weighted by Crippen LogP contribution is -2.04. The van der Waals surface area contributed by atoms with Gasteiger partial charge in [-0.05, 0) is 48.7 Å². The summed E-state index contributed by atoms with van der Waals surface area (Å²) in [6.45, 7) is 4.49. The van der Waals surface area contributed by atoms with E-state index in [1.54, 1.807) is 6.92 Å². The van der Waals surface area contributed by atoms with Gasteiger partial charge in [-0.15, -0.1) is 0 Å². The van der Waals surface area contributed by atoms with E-state index in [0.717, 1.165) is 22.4 Å². The molecule has 0 unspecified atom stereocenters. The molecule has 0 bridgehead atoms. The molecule has 1 N–H and O–H groups in total. The lowest BCUT2D eigenvalue weighted by molar-refractivity contribution is -0.136. The van der Waals surface area contributed by atoms with Crippen molar-refractivity contribution in [2.45, 2.75) is 20.5 Å². The van der Waals surface area contributed by atoms with Gasteiger partial charge in [0.05, 0.1) is 6.61 Å². The van der Waals surface area contributed by atoms with Gasteiger partial charge in [0.1, 0.15) is 12.4 Å². The number of carboxylic acids is 1. The highest BCUT2D eigenvalue weighted by molar-refractivity contribution is 5.89. The molecule has 120 valence electrons. The van der Waals surface area contributed by atoms with E-state index in [-0.39, 0.29) is 5.76 Å². The lowest BCUT2D eigenvalue weighted by atomic mass is 10.1. The third-order valence-electron chi connectivity index (χ3n) is 3.24. The van der Waals surface area contributed by atoms with Crippen LogP contribution in [0.3, 0.4) is 0 Å². The van der Waals surface area contributed by atoms with Gasteiger partial charge in [0.2, 0.25) is 5.76 Å². The first kappa shape index (κ1) is 16.6. The third-order valence-corrected chi connectivity index (χ3v) is 3.24. The van der Waals surface area contributed by atoms with E-state index in [1.807, 2.05) is 55.5 Å². The van der Waals surface area contributed by atoms with Crippen LogP contribution in [-0.2, 0) is 16.1 Å². The largest absolute Gasteiger partial charge is 0.489 e. The summed E-state index contributed by atoms with van der Waals surface area (Å²) in [7, 11) is 0. The molecule has 0 radical (unpaired) electrons. The highest BCUT2D eigenvalue weighted by atomic mass is 16.5. The summed E-state index contributed by atoms with van der Waals surface area (Å²) in [5.41, 5.74) is 2.80. The molecular weight excluding hydrogens is 292 g/mol. The second-order valence-corrected chi connectivity index (χ2v) is 5.05. The predicted octanol–water partition coefficient (Wildman–Crippen LogP) is 4.04. The van der Waals surface area contributed by atoms with Gasteiger partial charge < -0.3 is 14.6 Å². The highest BCUT2D eigenvalue weighted by Crippen LogP contribution is 2.22. The quantitative estimate of drug-likeness (QED) is 0.619. The van der Waals surface area contributed by atoms with E-state index in [1.165, 1.54) is 6.08 Å². The monoisotopic (exact) mass is 312 g/mol. The van der Waals surface area contributed by atoms with Gasteiger partial charge in [-0.1, -0.05) is 36.4 Å². The van der Waals surface area contributed by atoms with Gasteiger partial charge in [0.15, 0.2) is 0 Å². The summed E-state index contributed by atoms with van der Waals surface area (Å²) in [5.74, 6) is -0.363. The molecule has 2 rings (SSSR count). The minimum Gasteiger partial charge on any atom is -0.489 e. The van der Waals surface area contributed by atoms with Crippen molar-refractivity contribution in [2.75, 3.05) is 6.61 Å². The van der Waals surface area contributed by atoms with Crippen molar-refractivity contribution in [1.29, 1.82) is 0 Å². The Morgan fingerprint density at radius 2 is 1.91 bits per heavy atom. The van der Waals surface area contributed by atoms with Crippen LogP contribution < -0.4 is 4.74 Å². The molecule has 0 atom stereocenters. The maximum absolute atomic E-state index is 11.1. The molecular formula is C19H20O4. The number of carbonyl (C=O) groups is 1. The SMILES string of the molecule is CCOC(=Cc1ccc(OCc2ccccc2)c(C)c1)C(=O)O. The second-order valence-electron chi connectivity index (χ2n) is 5.05. The fourth-order valence-electron chi connectivity index (χ4n) is 2.13. The van der Waals surface area contributed by atoms with Crippen LogP contribution in [0.4, 0.5) is 0 Å². The van der Waals surface area contributed by atoms with Crippen molar-refractivity contribution in [2.24, 2.45) is 0 Å². The van der Waals surface area contributed by atoms with E-state index in [0.29, 0.717) is 13.2 Å². The zero-order valence-electron chi connectivity index (χ0n) is 13.3. The zero-order valence-corrected chi connectivity index (χ0v) is 13.3. The number of ether oxygens (including phenoxy) is 2. The molecule has 2 aromatic rings. The smallest absolute Gasteiger partial charge is 0.371 e. The molecule has 4 nitrogen and oxygen atoms in total. The van der Waals surface area contributed by atoms with Crippen molar-refractivity contribution in [3.63, 3.8) is 0 Å². The predicted molar refractivity (Wildman–Crippen MR) is 89.2 cm³/mol. The van der Waals surface area contributed by atoms with Crippen molar-refractivity contribution >= 4 is 12.0 Å². The van der Waals surface area contributed by atoms with Crippen LogP contribution in [0.25, 0.3) is 6.08 Å². The molecule has 4 heteroatoms. The number of hydrogen-bond donors (Lipinski definition) is 1. The lowest BCUT2D eigenvalue weighted by Gasteiger charge is -2.10. The standard InChI is InChI=1S/C19H20O4/c1-3-22-18(19(20)21)12-16-9-10-17(14(2)11-16)23-13-15-7-5-4-6-8-15/h4-12H,3,13H2,1-2H3,(H,20,21). The van der Waals surface area contributed by atoms with Gasteiger partial charge >= 0.3 is 5.97 Å². The minimum absolute atomic E-state index is 0.0650. The first-order valence-corrected chi connectivity index (χ1v) is 7.45. The molecule has 0 saturated heterocycles. The molecule has 23 heavy (non-hydrogen) atoms. The molecule has 2 aromatic carbocycles. The Bertz CT molecular complexity index is 690. The third kappa shape index (κ3) is 4.88. The summed E-state index contributed by atoms with van der Waals surface area (Å²) in [5, 5.41) is 9.08. The molecule has 0 aliphatic heterocycles. The van der Waals surface area contributed by atoms with E-state index >= 15 is 0 Å². The minimum atomic E-state index is -1.08. The average molecular weight is 312 g/mol. The van der Waals surface area contributed by atoms with E-state index in [2.05, 4.69) is 0 Å². The molecule has 0 saturated carbocycles. The maximum atomic E-state index is 11.1. The molecule has 0 aromatic heterocycles. The van der Waals surface area contributed by atoms with Crippen molar-refractivity contribution in [1.82, 2.24) is 0 Å². The van der Waals surface area contributed by atoms with E-state index in [4.69, 9.17) is 14.6 Å². The number of benzene rings is 2. The molecule has 0 aliphatic rings. The van der Waals surface area contributed by atoms with Crippen LogP contribution in [0, 0.1) is 6.92 Å². The van der Waals surface area contributed by atoms with Gasteiger partial charge in [-0.25, -0.2) is 4.79 Å². The van der Waals surface area contributed by atoms with Crippen LogP contribution in [-0.4, -0.2) is 17.7 Å².